The van der Waals surface area contributed by atoms with Gasteiger partial charge >= 0.3 is 0 Å². The minimum atomic E-state index is -1.51. The van der Waals surface area contributed by atoms with Gasteiger partial charge in [-0.3, -0.25) is 9.59 Å². The molecule has 0 saturated heterocycles. The topological polar surface area (TPSA) is 49.4 Å². The van der Waals surface area contributed by atoms with E-state index < -0.39 is 14.1 Å². The summed E-state index contributed by atoms with van der Waals surface area (Å²) in [5, 5.41) is 3.03. The molecular formula is C21H30N2O2Si. The molecule has 2 rings (SSSR count). The van der Waals surface area contributed by atoms with Crippen LogP contribution in [0.1, 0.15) is 39.2 Å². The lowest BCUT2D eigenvalue weighted by molar-refractivity contribution is -0.139. The number of nitrogens with zero attached hydrogens (tertiary/aromatic N) is 1. The minimum Gasteiger partial charge on any atom is -0.328 e. The number of anilines is 1. The minimum absolute atomic E-state index is 0.0341. The van der Waals surface area contributed by atoms with Crippen LogP contribution in [0.3, 0.4) is 0 Å². The van der Waals surface area contributed by atoms with E-state index in [9.17, 15) is 9.59 Å². The second-order valence-corrected chi connectivity index (χ2v) is 13.1. The van der Waals surface area contributed by atoms with Crippen molar-refractivity contribution in [2.75, 3.05) is 5.32 Å². The Hall–Kier alpha value is -2.06. The molecule has 1 aromatic carbocycles. The van der Waals surface area contributed by atoms with Crippen LogP contribution in [-0.2, 0) is 9.59 Å². The molecule has 26 heavy (non-hydrogen) atoms. The lowest BCUT2D eigenvalue weighted by atomic mass is 10.0. The van der Waals surface area contributed by atoms with Crippen LogP contribution >= 0.6 is 0 Å². The molecule has 1 aliphatic rings. The first-order chi connectivity index (χ1) is 12.1. The molecule has 5 heteroatoms. The highest BCUT2D eigenvalue weighted by Crippen LogP contribution is 2.31. The molecule has 0 aromatic heterocycles. The Balaban J connectivity index is 2.27. The highest BCUT2D eigenvalue weighted by atomic mass is 28.3. The summed E-state index contributed by atoms with van der Waals surface area (Å²) in [4.78, 5) is 26.9. The molecule has 1 atom stereocenters. The fraction of sp³-hybridized carbons (Fsp3) is 0.524. The zero-order valence-corrected chi connectivity index (χ0v) is 17.7. The predicted octanol–water partition coefficient (Wildman–Crippen LogP) is 3.89. The Morgan fingerprint density at radius 1 is 1.19 bits per heavy atom. The number of rotatable bonds is 5. The Labute approximate surface area is 158 Å². The van der Waals surface area contributed by atoms with Gasteiger partial charge in [0.2, 0.25) is 11.8 Å². The van der Waals surface area contributed by atoms with Crippen LogP contribution in [0.5, 0.6) is 0 Å². The first-order valence-electron chi connectivity index (χ1n) is 9.32. The van der Waals surface area contributed by atoms with Crippen LogP contribution in [0.25, 0.3) is 0 Å². The van der Waals surface area contributed by atoms with Crippen molar-refractivity contribution in [2.45, 2.75) is 65.3 Å². The maximum Gasteiger partial charge on any atom is 0.247 e. The number of hydrogen-bond donors (Lipinski definition) is 1. The summed E-state index contributed by atoms with van der Waals surface area (Å²) in [5.74, 6) is 3.10. The van der Waals surface area contributed by atoms with Crippen LogP contribution in [0.15, 0.2) is 24.3 Å². The van der Waals surface area contributed by atoms with Crippen molar-refractivity contribution >= 4 is 25.6 Å². The third-order valence-electron chi connectivity index (χ3n) is 4.26. The van der Waals surface area contributed by atoms with Gasteiger partial charge in [0.1, 0.15) is 14.1 Å². The molecule has 1 aliphatic carbocycles. The van der Waals surface area contributed by atoms with E-state index in [4.69, 9.17) is 0 Å². The van der Waals surface area contributed by atoms with Crippen molar-refractivity contribution in [1.82, 2.24) is 4.90 Å². The summed E-state index contributed by atoms with van der Waals surface area (Å²) in [6.45, 7) is 12.1. The Bertz CT molecular complexity index is 736. The van der Waals surface area contributed by atoms with Gasteiger partial charge < -0.3 is 10.2 Å². The summed E-state index contributed by atoms with van der Waals surface area (Å²) in [6.07, 6.45) is 1.96. The summed E-state index contributed by atoms with van der Waals surface area (Å²) in [5.41, 5.74) is 4.89. The van der Waals surface area contributed by atoms with Gasteiger partial charge in [-0.1, -0.05) is 51.5 Å². The van der Waals surface area contributed by atoms with Gasteiger partial charge in [0.25, 0.3) is 0 Å². The van der Waals surface area contributed by atoms with E-state index in [1.54, 1.807) is 11.8 Å². The molecule has 140 valence electrons. The van der Waals surface area contributed by atoms with Gasteiger partial charge in [-0.25, -0.2) is 0 Å². The smallest absolute Gasteiger partial charge is 0.247 e. The molecular weight excluding hydrogens is 340 g/mol. The number of carbonyl (C=O) groups excluding carboxylic acids is 2. The largest absolute Gasteiger partial charge is 0.328 e. The van der Waals surface area contributed by atoms with Crippen molar-refractivity contribution in [3.63, 3.8) is 0 Å². The first-order valence-corrected chi connectivity index (χ1v) is 12.8. The fourth-order valence-electron chi connectivity index (χ4n) is 2.95. The molecule has 2 amide bonds. The second-order valence-electron chi connectivity index (χ2n) is 8.38. The van der Waals surface area contributed by atoms with Crippen molar-refractivity contribution in [3.05, 3.63) is 29.8 Å². The average molecular weight is 371 g/mol. The summed E-state index contributed by atoms with van der Waals surface area (Å²) < 4.78 is 0. The Morgan fingerprint density at radius 2 is 1.81 bits per heavy atom. The molecule has 1 aromatic rings. The number of nitrogens with one attached hydrogen (secondary N) is 1. The average Bonchev–Trinajstić information content (AvgIpc) is 3.34. The van der Waals surface area contributed by atoms with Gasteiger partial charge in [-0.2, -0.15) is 0 Å². The standard InChI is InChI=1S/C21H30N2O2Si/c1-15(2)20(23(16(3)24)18-11-12-18)21(25)22-19-10-8-7-9-17(19)13-14-26(4,5)6/h7-10,15,18,20H,11-12H2,1-6H3,(H,22,25). The van der Waals surface area contributed by atoms with Crippen LogP contribution in [0, 0.1) is 17.4 Å². The van der Waals surface area contributed by atoms with Gasteiger partial charge in [0.05, 0.1) is 5.69 Å². The van der Waals surface area contributed by atoms with Crippen LogP contribution in [0.4, 0.5) is 5.69 Å². The van der Waals surface area contributed by atoms with Gasteiger partial charge in [-0.15, -0.1) is 5.54 Å². The maximum absolute atomic E-state index is 13.0. The lowest BCUT2D eigenvalue weighted by Crippen LogP contribution is -2.50. The molecule has 1 fully saturated rings. The Kier molecular flexibility index (Phi) is 6.30. The van der Waals surface area contributed by atoms with E-state index in [1.165, 1.54) is 0 Å². The molecule has 1 unspecified atom stereocenters. The quantitative estimate of drug-likeness (QED) is 0.631. The van der Waals surface area contributed by atoms with Crippen LogP contribution < -0.4 is 5.32 Å². The first kappa shape index (κ1) is 20.3. The van der Waals surface area contributed by atoms with Crippen molar-refractivity contribution in [2.24, 2.45) is 5.92 Å². The summed E-state index contributed by atoms with van der Waals surface area (Å²) in [7, 11) is -1.51. The lowest BCUT2D eigenvalue weighted by Gasteiger charge is -2.33. The number of amides is 2. The Morgan fingerprint density at radius 3 is 2.31 bits per heavy atom. The molecule has 0 radical (unpaired) electrons. The third-order valence-corrected chi connectivity index (χ3v) is 5.14. The van der Waals surface area contributed by atoms with E-state index in [2.05, 4.69) is 36.4 Å². The number of carbonyl (C=O) groups is 2. The second kappa shape index (κ2) is 8.09. The van der Waals surface area contributed by atoms with E-state index >= 15 is 0 Å². The number of hydrogen-bond acceptors (Lipinski definition) is 2. The summed E-state index contributed by atoms with van der Waals surface area (Å²) >= 11 is 0. The normalized spacial score (nSPS) is 15.0. The van der Waals surface area contributed by atoms with E-state index in [-0.39, 0.29) is 23.8 Å². The molecule has 1 N–H and O–H groups in total. The molecule has 0 aliphatic heterocycles. The van der Waals surface area contributed by atoms with Crippen LogP contribution in [-0.4, -0.2) is 36.9 Å². The summed E-state index contributed by atoms with van der Waals surface area (Å²) in [6, 6.07) is 7.36. The number of para-hydroxylation sites is 1. The molecule has 0 heterocycles. The SMILES string of the molecule is CC(=O)N(C1CC1)C(C(=O)Nc1ccccc1C#C[Si](C)(C)C)C(C)C. The predicted molar refractivity (Wildman–Crippen MR) is 109 cm³/mol. The van der Waals surface area contributed by atoms with Crippen molar-refractivity contribution < 1.29 is 9.59 Å². The van der Waals surface area contributed by atoms with E-state index in [0.29, 0.717) is 5.69 Å². The molecule has 1 saturated carbocycles. The molecule has 0 spiro atoms. The zero-order chi connectivity index (χ0) is 19.5. The van der Waals surface area contributed by atoms with Gasteiger partial charge in [0.15, 0.2) is 0 Å². The van der Waals surface area contributed by atoms with Crippen LogP contribution in [0.2, 0.25) is 19.6 Å². The molecule has 4 nitrogen and oxygen atoms in total. The van der Waals surface area contributed by atoms with E-state index in [1.807, 2.05) is 38.1 Å². The number of benzene rings is 1. The fourth-order valence-corrected chi connectivity index (χ4v) is 3.46. The maximum atomic E-state index is 13.0. The molecule has 0 bridgehead atoms. The van der Waals surface area contributed by atoms with Crippen molar-refractivity contribution in [3.8, 4) is 11.5 Å². The highest BCUT2D eigenvalue weighted by molar-refractivity contribution is 6.83. The van der Waals surface area contributed by atoms with E-state index in [0.717, 1.165) is 18.4 Å². The van der Waals surface area contributed by atoms with Gasteiger partial charge in [0, 0.05) is 18.5 Å². The zero-order valence-electron chi connectivity index (χ0n) is 16.7. The highest BCUT2D eigenvalue weighted by Gasteiger charge is 2.40. The van der Waals surface area contributed by atoms with Crippen molar-refractivity contribution in [1.29, 1.82) is 0 Å². The van der Waals surface area contributed by atoms with Gasteiger partial charge in [-0.05, 0) is 30.9 Å². The monoisotopic (exact) mass is 370 g/mol. The third kappa shape index (κ3) is 5.47.